The summed E-state index contributed by atoms with van der Waals surface area (Å²) >= 11 is 7.40. The zero-order valence-corrected chi connectivity index (χ0v) is 18.9. The van der Waals surface area contributed by atoms with Crippen LogP contribution in [0.1, 0.15) is 31.4 Å². The smallest absolute Gasteiger partial charge is 0.263 e. The van der Waals surface area contributed by atoms with Crippen LogP contribution < -0.4 is 9.46 Å². The number of aromatic nitrogens is 1. The third-order valence-corrected chi connectivity index (χ3v) is 7.40. The average molecular weight is 460 g/mol. The van der Waals surface area contributed by atoms with Gasteiger partial charge in [-0.05, 0) is 45.1 Å². The van der Waals surface area contributed by atoms with Crippen LogP contribution in [-0.4, -0.2) is 56.3 Å². The first-order valence-corrected chi connectivity index (χ1v) is 12.2. The molecule has 0 bridgehead atoms. The van der Waals surface area contributed by atoms with E-state index in [1.54, 1.807) is 11.4 Å². The van der Waals surface area contributed by atoms with Crippen LogP contribution in [0.15, 0.2) is 28.5 Å². The second-order valence-electron chi connectivity index (χ2n) is 7.60. The van der Waals surface area contributed by atoms with E-state index in [1.165, 1.54) is 23.5 Å². The molecular formula is C19H26ClN3O4S2. The largest absolute Gasteiger partial charge is 0.491 e. The third kappa shape index (κ3) is 6.05. The van der Waals surface area contributed by atoms with E-state index in [2.05, 4.69) is 9.71 Å². The number of nitrogens with zero attached hydrogens (tertiary/aromatic N) is 2. The lowest BCUT2D eigenvalue weighted by Gasteiger charge is -2.20. The maximum absolute atomic E-state index is 12.7. The minimum atomic E-state index is -3.83. The monoisotopic (exact) mass is 459 g/mol. The summed E-state index contributed by atoms with van der Waals surface area (Å²) in [4.78, 5) is 6.34. The van der Waals surface area contributed by atoms with Crippen molar-refractivity contribution < 1.29 is 18.3 Å². The van der Waals surface area contributed by atoms with Gasteiger partial charge in [0.25, 0.3) is 10.0 Å². The van der Waals surface area contributed by atoms with Crippen molar-refractivity contribution in [1.29, 1.82) is 0 Å². The van der Waals surface area contributed by atoms with Crippen molar-refractivity contribution >= 4 is 38.1 Å². The molecule has 10 heteroatoms. The molecule has 0 saturated heterocycles. The topological polar surface area (TPSA) is 91.8 Å². The zero-order chi connectivity index (χ0) is 21.1. The highest BCUT2D eigenvalue weighted by Gasteiger charge is 2.32. The predicted molar refractivity (Wildman–Crippen MR) is 116 cm³/mol. The van der Waals surface area contributed by atoms with Gasteiger partial charge in [0.1, 0.15) is 12.4 Å². The lowest BCUT2D eigenvalue weighted by Crippen LogP contribution is -2.27. The molecule has 1 heterocycles. The van der Waals surface area contributed by atoms with Gasteiger partial charge in [-0.2, -0.15) is 0 Å². The van der Waals surface area contributed by atoms with Gasteiger partial charge in [0.05, 0.1) is 21.2 Å². The van der Waals surface area contributed by atoms with Crippen molar-refractivity contribution in [3.05, 3.63) is 34.3 Å². The van der Waals surface area contributed by atoms with Crippen LogP contribution in [0.2, 0.25) is 5.02 Å². The van der Waals surface area contributed by atoms with E-state index in [4.69, 9.17) is 16.3 Å². The van der Waals surface area contributed by atoms with E-state index in [9.17, 15) is 13.5 Å². The van der Waals surface area contributed by atoms with Crippen LogP contribution in [0.25, 0.3) is 0 Å². The number of anilines is 1. The lowest BCUT2D eigenvalue weighted by atomic mass is 9.97. The predicted octanol–water partition coefficient (Wildman–Crippen LogP) is 3.39. The molecule has 1 saturated carbocycles. The zero-order valence-electron chi connectivity index (χ0n) is 16.5. The standard InChI is InChI=1S/C19H26ClN3O4S2/c1-23(2)9-10-27-17-6-5-15(11-16(17)20)29(25,26)22-18-21-14(13-28-18)12-19(24)7-3-4-8-19/h5-6,11,13,24H,3-4,7-10,12H2,1-2H3,(H,21,22). The summed E-state index contributed by atoms with van der Waals surface area (Å²) in [6.07, 6.45) is 3.97. The number of benzene rings is 1. The van der Waals surface area contributed by atoms with Crippen molar-refractivity contribution in [2.24, 2.45) is 0 Å². The highest BCUT2D eigenvalue weighted by Crippen LogP contribution is 2.34. The Morgan fingerprint density at radius 1 is 1.34 bits per heavy atom. The second-order valence-corrected chi connectivity index (χ2v) is 10.5. The Kier molecular flexibility index (Phi) is 7.06. The molecule has 1 aliphatic carbocycles. The van der Waals surface area contributed by atoms with Crippen molar-refractivity contribution in [3.8, 4) is 5.75 Å². The molecule has 160 valence electrons. The first kappa shape index (κ1) is 22.3. The molecular weight excluding hydrogens is 434 g/mol. The number of rotatable bonds is 9. The SMILES string of the molecule is CN(C)CCOc1ccc(S(=O)(=O)Nc2nc(CC3(O)CCCC3)cs2)cc1Cl. The Morgan fingerprint density at radius 2 is 2.07 bits per heavy atom. The van der Waals surface area contributed by atoms with E-state index >= 15 is 0 Å². The van der Waals surface area contributed by atoms with Gasteiger partial charge in [-0.1, -0.05) is 24.4 Å². The average Bonchev–Trinajstić information content (AvgIpc) is 3.24. The number of halogens is 1. The van der Waals surface area contributed by atoms with Crippen molar-refractivity contribution in [1.82, 2.24) is 9.88 Å². The number of aliphatic hydroxyl groups is 1. The molecule has 1 aliphatic rings. The summed E-state index contributed by atoms with van der Waals surface area (Å²) in [7, 11) is 0.0415. The van der Waals surface area contributed by atoms with Crippen molar-refractivity contribution in [3.63, 3.8) is 0 Å². The fraction of sp³-hybridized carbons (Fsp3) is 0.526. The Bertz CT molecular complexity index is 941. The fourth-order valence-corrected chi connectivity index (χ4v) is 5.55. The van der Waals surface area contributed by atoms with Gasteiger partial charge in [0.15, 0.2) is 5.13 Å². The maximum atomic E-state index is 12.7. The minimum absolute atomic E-state index is 0.0358. The van der Waals surface area contributed by atoms with Crippen LogP contribution in [0.3, 0.4) is 0 Å². The van der Waals surface area contributed by atoms with Gasteiger partial charge < -0.3 is 14.7 Å². The van der Waals surface area contributed by atoms with Gasteiger partial charge >= 0.3 is 0 Å². The second kappa shape index (κ2) is 9.18. The quantitative estimate of drug-likeness (QED) is 0.597. The Balaban J connectivity index is 1.65. The number of likely N-dealkylation sites (N-methyl/N-ethyl adjacent to an activating group) is 1. The van der Waals surface area contributed by atoms with E-state index in [0.717, 1.165) is 32.2 Å². The van der Waals surface area contributed by atoms with Gasteiger partial charge in [-0.25, -0.2) is 13.4 Å². The summed E-state index contributed by atoms with van der Waals surface area (Å²) in [5.41, 5.74) is -0.0278. The molecule has 1 aromatic heterocycles. The van der Waals surface area contributed by atoms with Crippen molar-refractivity contribution in [2.45, 2.75) is 42.6 Å². The molecule has 29 heavy (non-hydrogen) atoms. The molecule has 1 fully saturated rings. The first-order valence-electron chi connectivity index (χ1n) is 9.44. The van der Waals surface area contributed by atoms with E-state index in [-0.39, 0.29) is 15.0 Å². The molecule has 0 unspecified atom stereocenters. The molecule has 0 atom stereocenters. The van der Waals surface area contributed by atoms with Crippen LogP contribution in [0.5, 0.6) is 5.75 Å². The normalized spacial score (nSPS) is 16.3. The van der Waals surface area contributed by atoms with Crippen molar-refractivity contribution in [2.75, 3.05) is 32.0 Å². The summed E-state index contributed by atoms with van der Waals surface area (Å²) in [5.74, 6) is 0.439. The fourth-order valence-electron chi connectivity index (χ4n) is 3.26. The molecule has 1 aromatic carbocycles. The molecule has 3 rings (SSSR count). The molecule has 2 N–H and O–H groups in total. The summed E-state index contributed by atoms with van der Waals surface area (Å²) < 4.78 is 33.4. The lowest BCUT2D eigenvalue weighted by molar-refractivity contribution is 0.0474. The molecule has 7 nitrogen and oxygen atoms in total. The minimum Gasteiger partial charge on any atom is -0.491 e. The highest BCUT2D eigenvalue weighted by atomic mass is 35.5. The number of hydrogen-bond acceptors (Lipinski definition) is 7. The maximum Gasteiger partial charge on any atom is 0.263 e. The molecule has 0 spiro atoms. The number of nitrogens with one attached hydrogen (secondary N) is 1. The van der Waals surface area contributed by atoms with Crippen LogP contribution in [0, 0.1) is 0 Å². The Hall–Kier alpha value is -1.39. The van der Waals surface area contributed by atoms with Gasteiger partial charge in [0.2, 0.25) is 0 Å². The van der Waals surface area contributed by atoms with Gasteiger partial charge in [-0.15, -0.1) is 11.3 Å². The number of thiazole rings is 1. The Labute approximate surface area is 180 Å². The van der Waals surface area contributed by atoms with E-state index in [1.807, 2.05) is 19.0 Å². The summed E-state index contributed by atoms with van der Waals surface area (Å²) in [6, 6.07) is 4.37. The molecule has 0 amide bonds. The van der Waals surface area contributed by atoms with E-state index in [0.29, 0.717) is 24.5 Å². The van der Waals surface area contributed by atoms with E-state index < -0.39 is 15.6 Å². The third-order valence-electron chi connectivity index (χ3n) is 4.83. The summed E-state index contributed by atoms with van der Waals surface area (Å²) in [5, 5.41) is 12.8. The van der Waals surface area contributed by atoms with Gasteiger partial charge in [0, 0.05) is 18.3 Å². The Morgan fingerprint density at radius 3 is 2.72 bits per heavy atom. The van der Waals surface area contributed by atoms with Gasteiger partial charge in [-0.3, -0.25) is 4.72 Å². The number of sulfonamides is 1. The summed E-state index contributed by atoms with van der Waals surface area (Å²) in [6.45, 7) is 1.17. The van der Waals surface area contributed by atoms with Crippen LogP contribution >= 0.6 is 22.9 Å². The molecule has 0 radical (unpaired) electrons. The van der Waals surface area contributed by atoms with Crippen LogP contribution in [-0.2, 0) is 16.4 Å². The molecule has 0 aliphatic heterocycles. The number of hydrogen-bond donors (Lipinski definition) is 2. The molecule has 2 aromatic rings. The first-order chi connectivity index (χ1) is 13.7. The highest BCUT2D eigenvalue weighted by molar-refractivity contribution is 7.93. The van der Waals surface area contributed by atoms with Crippen LogP contribution in [0.4, 0.5) is 5.13 Å². The number of ether oxygens (including phenoxy) is 1.